The molecule has 0 saturated heterocycles. The number of nitrogens with zero attached hydrogens (tertiary/aromatic N) is 2. The van der Waals surface area contributed by atoms with Crippen LogP contribution in [0.3, 0.4) is 0 Å². The van der Waals surface area contributed by atoms with Crippen molar-refractivity contribution < 1.29 is 12.6 Å². The van der Waals surface area contributed by atoms with Gasteiger partial charge in [-0.25, -0.2) is 4.98 Å². The molecule has 0 atom stereocenters. The number of nitrogen functional groups attached to an aromatic ring is 1. The van der Waals surface area contributed by atoms with Gasteiger partial charge in [0.25, 0.3) is 5.16 Å². The van der Waals surface area contributed by atoms with Crippen LogP contribution in [0, 0.1) is 0 Å². The predicted molar refractivity (Wildman–Crippen MR) is 93.3 cm³/mol. The Morgan fingerprint density at radius 2 is 1.83 bits per heavy atom. The van der Waals surface area contributed by atoms with E-state index in [1.807, 2.05) is 18.2 Å². The first-order chi connectivity index (χ1) is 11.5. The number of unbranched alkanes of at least 4 members (excludes halogenated alkanes) is 1. The number of fused-ring (bicyclic) bond motifs is 1. The van der Waals surface area contributed by atoms with Gasteiger partial charge in [-0.05, 0) is 42.8 Å². The molecule has 2 N–H and O–H groups in total. The third kappa shape index (κ3) is 3.21. The summed E-state index contributed by atoms with van der Waals surface area (Å²) in [7, 11) is -4.04. The number of hydrogen-bond acceptors (Lipinski definition) is 5. The van der Waals surface area contributed by atoms with Gasteiger partial charge in [-0.1, -0.05) is 25.5 Å². The lowest BCUT2D eigenvalue weighted by molar-refractivity contribution is 0.465. The zero-order valence-corrected chi connectivity index (χ0v) is 14.2. The smallest absolute Gasteiger partial charge is 0.373 e. The Morgan fingerprint density at radius 1 is 1.12 bits per heavy atom. The van der Waals surface area contributed by atoms with Crippen LogP contribution >= 0.6 is 0 Å². The van der Waals surface area contributed by atoms with E-state index in [1.165, 1.54) is 12.1 Å². The minimum absolute atomic E-state index is 0.0750. The molecule has 0 aliphatic rings. The maximum atomic E-state index is 12.7. The molecular formula is C17H19N3O3S. The molecule has 3 aromatic rings. The average Bonchev–Trinajstić information content (AvgIpc) is 2.94. The molecule has 0 unspecified atom stereocenters. The first-order valence-corrected chi connectivity index (χ1v) is 9.17. The van der Waals surface area contributed by atoms with E-state index in [-0.39, 0.29) is 10.9 Å². The number of aryl methyl sites for hydroxylation is 1. The Morgan fingerprint density at radius 3 is 2.54 bits per heavy atom. The number of rotatable bonds is 6. The van der Waals surface area contributed by atoms with Gasteiger partial charge in [0.1, 0.15) is 5.75 Å². The lowest BCUT2D eigenvalue weighted by Crippen LogP contribution is -2.16. The van der Waals surface area contributed by atoms with Gasteiger partial charge in [0.05, 0.1) is 11.0 Å². The maximum absolute atomic E-state index is 12.7. The molecule has 7 heteroatoms. The van der Waals surface area contributed by atoms with Crippen molar-refractivity contribution in [1.82, 2.24) is 9.55 Å². The third-order valence-corrected chi connectivity index (χ3v) is 4.84. The number of hydrogen-bond donors (Lipinski definition) is 1. The largest absolute Gasteiger partial charge is 0.399 e. The number of imidazole rings is 1. The van der Waals surface area contributed by atoms with Gasteiger partial charge in [0.2, 0.25) is 0 Å². The summed E-state index contributed by atoms with van der Waals surface area (Å²) in [6.07, 6.45) is 1.80. The van der Waals surface area contributed by atoms with Gasteiger partial charge in [0, 0.05) is 12.2 Å². The number of aromatic nitrogens is 2. The normalized spacial score (nSPS) is 11.7. The van der Waals surface area contributed by atoms with Gasteiger partial charge < -0.3 is 14.5 Å². The predicted octanol–water partition coefficient (Wildman–Crippen LogP) is 3.19. The minimum atomic E-state index is -4.04. The highest BCUT2D eigenvalue weighted by Gasteiger charge is 2.25. The van der Waals surface area contributed by atoms with Crippen molar-refractivity contribution >= 4 is 26.8 Å². The molecule has 3 rings (SSSR count). The Labute approximate surface area is 141 Å². The van der Waals surface area contributed by atoms with Crippen molar-refractivity contribution in [2.24, 2.45) is 0 Å². The highest BCUT2D eigenvalue weighted by atomic mass is 32.2. The quantitative estimate of drug-likeness (QED) is 0.547. The van der Waals surface area contributed by atoms with Crippen LogP contribution < -0.4 is 9.92 Å². The molecule has 24 heavy (non-hydrogen) atoms. The number of nitrogens with two attached hydrogens (primary N) is 1. The van der Waals surface area contributed by atoms with Crippen molar-refractivity contribution in [1.29, 1.82) is 0 Å². The summed E-state index contributed by atoms with van der Waals surface area (Å²) in [6, 6.07) is 13.6. The van der Waals surface area contributed by atoms with E-state index in [1.54, 1.807) is 22.8 Å². The maximum Gasteiger partial charge on any atom is 0.373 e. The fraction of sp³-hybridized carbons (Fsp3) is 0.235. The fourth-order valence-electron chi connectivity index (χ4n) is 2.46. The van der Waals surface area contributed by atoms with E-state index >= 15 is 0 Å². The van der Waals surface area contributed by atoms with Crippen LogP contribution in [0.15, 0.2) is 53.7 Å². The van der Waals surface area contributed by atoms with E-state index < -0.39 is 10.1 Å². The molecule has 0 aliphatic carbocycles. The Bertz CT molecular complexity index is 947. The Balaban J connectivity index is 2.04. The Hall–Kier alpha value is -2.54. The van der Waals surface area contributed by atoms with Crippen molar-refractivity contribution in [3.8, 4) is 5.75 Å². The zero-order valence-electron chi connectivity index (χ0n) is 13.3. The summed E-state index contributed by atoms with van der Waals surface area (Å²) in [5, 5.41) is -0.0750. The summed E-state index contributed by atoms with van der Waals surface area (Å²) in [5.74, 6) is 0.207. The molecule has 6 nitrogen and oxygen atoms in total. The summed E-state index contributed by atoms with van der Waals surface area (Å²) in [6.45, 7) is 2.62. The van der Waals surface area contributed by atoms with E-state index in [9.17, 15) is 8.42 Å². The SMILES string of the molecule is CCCCn1c(S(=O)(=O)Oc2ccc(N)cc2)nc2ccccc21. The van der Waals surface area contributed by atoms with Crippen LogP contribution in [0.5, 0.6) is 5.75 Å². The fourth-order valence-corrected chi connectivity index (χ4v) is 3.57. The van der Waals surface area contributed by atoms with Crippen molar-refractivity contribution in [2.75, 3.05) is 5.73 Å². The summed E-state index contributed by atoms with van der Waals surface area (Å²) >= 11 is 0. The molecule has 126 valence electrons. The molecular weight excluding hydrogens is 326 g/mol. The molecule has 1 aromatic heterocycles. The lowest BCUT2D eigenvalue weighted by Gasteiger charge is -2.10. The number of benzene rings is 2. The Kier molecular flexibility index (Phi) is 4.44. The summed E-state index contributed by atoms with van der Waals surface area (Å²) in [4.78, 5) is 4.28. The van der Waals surface area contributed by atoms with E-state index in [2.05, 4.69) is 11.9 Å². The third-order valence-electron chi connectivity index (χ3n) is 3.66. The van der Waals surface area contributed by atoms with Crippen molar-refractivity contribution in [2.45, 2.75) is 31.5 Å². The van der Waals surface area contributed by atoms with E-state index in [4.69, 9.17) is 9.92 Å². The first-order valence-electron chi connectivity index (χ1n) is 7.76. The average molecular weight is 345 g/mol. The highest BCUT2D eigenvalue weighted by molar-refractivity contribution is 7.87. The van der Waals surface area contributed by atoms with Gasteiger partial charge in [-0.15, -0.1) is 0 Å². The van der Waals surface area contributed by atoms with Crippen LogP contribution in [0.4, 0.5) is 5.69 Å². The van der Waals surface area contributed by atoms with E-state index in [0.29, 0.717) is 17.7 Å². The van der Waals surface area contributed by atoms with E-state index in [0.717, 1.165) is 18.4 Å². The molecule has 0 fully saturated rings. The molecule has 1 heterocycles. The summed E-state index contributed by atoms with van der Waals surface area (Å²) < 4.78 is 32.3. The molecule has 0 amide bonds. The van der Waals surface area contributed by atoms with Gasteiger partial charge >= 0.3 is 10.1 Å². The molecule has 0 spiro atoms. The standard InChI is InChI=1S/C17H19N3O3S/c1-2-3-12-20-16-7-5-4-6-15(16)19-17(20)24(21,22)23-14-10-8-13(18)9-11-14/h4-11H,2-3,12,18H2,1H3. The molecule has 0 bridgehead atoms. The van der Waals surface area contributed by atoms with Crippen molar-refractivity contribution in [3.05, 3.63) is 48.5 Å². The topological polar surface area (TPSA) is 87.2 Å². The van der Waals surface area contributed by atoms with Gasteiger partial charge in [0.15, 0.2) is 0 Å². The highest BCUT2D eigenvalue weighted by Crippen LogP contribution is 2.24. The molecule has 0 saturated carbocycles. The molecule has 0 radical (unpaired) electrons. The minimum Gasteiger partial charge on any atom is -0.399 e. The van der Waals surface area contributed by atoms with Crippen molar-refractivity contribution in [3.63, 3.8) is 0 Å². The first kappa shape index (κ1) is 16.3. The molecule has 0 aliphatic heterocycles. The lowest BCUT2D eigenvalue weighted by atomic mass is 10.3. The second-order valence-electron chi connectivity index (χ2n) is 5.49. The van der Waals surface area contributed by atoms with Gasteiger partial charge in [-0.2, -0.15) is 8.42 Å². The van der Waals surface area contributed by atoms with Crippen LogP contribution in [-0.4, -0.2) is 18.0 Å². The van der Waals surface area contributed by atoms with Gasteiger partial charge in [-0.3, -0.25) is 0 Å². The number of anilines is 1. The van der Waals surface area contributed by atoms with Crippen LogP contribution in [-0.2, 0) is 16.7 Å². The van der Waals surface area contributed by atoms with Crippen LogP contribution in [0.25, 0.3) is 11.0 Å². The molecule has 2 aromatic carbocycles. The second-order valence-corrected chi connectivity index (χ2v) is 6.93. The van der Waals surface area contributed by atoms with Crippen LogP contribution in [0.2, 0.25) is 0 Å². The number of para-hydroxylation sites is 2. The zero-order chi connectivity index (χ0) is 17.2. The monoisotopic (exact) mass is 345 g/mol. The second kappa shape index (κ2) is 6.52. The van der Waals surface area contributed by atoms with Crippen LogP contribution in [0.1, 0.15) is 19.8 Å². The summed E-state index contributed by atoms with van der Waals surface area (Å²) in [5.41, 5.74) is 7.56.